The van der Waals surface area contributed by atoms with Crippen molar-refractivity contribution in [3.05, 3.63) is 41.7 Å². The van der Waals surface area contributed by atoms with Crippen LogP contribution in [0, 0.1) is 17.2 Å². The first kappa shape index (κ1) is 17.3. The first-order valence-corrected chi connectivity index (χ1v) is 8.69. The summed E-state index contributed by atoms with van der Waals surface area (Å²) in [6.45, 7) is 3.92. The van der Waals surface area contributed by atoms with Crippen molar-refractivity contribution in [2.24, 2.45) is 5.92 Å². The lowest BCUT2D eigenvalue weighted by molar-refractivity contribution is 0.129. The van der Waals surface area contributed by atoms with E-state index in [-0.39, 0.29) is 0 Å². The maximum absolute atomic E-state index is 8.97. The first-order valence-electron chi connectivity index (χ1n) is 8.69. The number of rotatable bonds is 7. The van der Waals surface area contributed by atoms with Gasteiger partial charge in [-0.2, -0.15) is 10.4 Å². The number of methoxy groups -OCH3 is 1. The Hall–Kier alpha value is -2.52. The molecule has 1 aromatic heterocycles. The Morgan fingerprint density at radius 2 is 2.32 bits per heavy atom. The van der Waals surface area contributed by atoms with E-state index in [4.69, 9.17) is 14.7 Å². The third-order valence-electron chi connectivity index (χ3n) is 4.64. The lowest BCUT2D eigenvalue weighted by Crippen LogP contribution is -2.38. The van der Waals surface area contributed by atoms with Gasteiger partial charge in [0.05, 0.1) is 31.5 Å². The predicted molar refractivity (Wildman–Crippen MR) is 94.7 cm³/mol. The number of aromatic nitrogens is 2. The molecule has 1 fully saturated rings. The van der Waals surface area contributed by atoms with Crippen LogP contribution in [0.25, 0.3) is 0 Å². The van der Waals surface area contributed by atoms with Crippen molar-refractivity contribution in [3.63, 3.8) is 0 Å². The first-order chi connectivity index (χ1) is 12.3. The fraction of sp³-hybridized carbons (Fsp3) is 0.474. The largest absolute Gasteiger partial charge is 0.493 e. The fourth-order valence-corrected chi connectivity index (χ4v) is 3.26. The number of nitriles is 1. The van der Waals surface area contributed by atoms with E-state index in [9.17, 15) is 0 Å². The molecule has 0 radical (unpaired) electrons. The van der Waals surface area contributed by atoms with Crippen LogP contribution in [0.5, 0.6) is 11.5 Å². The van der Waals surface area contributed by atoms with Crippen molar-refractivity contribution in [2.75, 3.05) is 33.4 Å². The third kappa shape index (κ3) is 4.74. The topological polar surface area (TPSA) is 74.2 Å². The maximum atomic E-state index is 8.97. The molecule has 25 heavy (non-hydrogen) atoms. The van der Waals surface area contributed by atoms with E-state index in [1.165, 1.54) is 18.4 Å². The molecule has 1 N–H and O–H groups in total. The molecular weight excluding hydrogens is 316 g/mol. The zero-order valence-corrected chi connectivity index (χ0v) is 14.6. The highest BCUT2D eigenvalue weighted by atomic mass is 16.5. The second-order valence-electron chi connectivity index (χ2n) is 6.45. The van der Waals surface area contributed by atoms with E-state index in [0.717, 1.165) is 26.1 Å². The van der Waals surface area contributed by atoms with Crippen LogP contribution in [-0.4, -0.2) is 48.4 Å². The van der Waals surface area contributed by atoms with Crippen molar-refractivity contribution < 1.29 is 9.47 Å². The van der Waals surface area contributed by atoms with Gasteiger partial charge in [-0.3, -0.25) is 5.10 Å². The summed E-state index contributed by atoms with van der Waals surface area (Å²) in [6.07, 6.45) is 7.25. The molecule has 2 aromatic rings. The van der Waals surface area contributed by atoms with Gasteiger partial charge in [-0.25, -0.2) is 0 Å². The van der Waals surface area contributed by atoms with Gasteiger partial charge in [0, 0.05) is 31.3 Å². The van der Waals surface area contributed by atoms with E-state index in [1.54, 1.807) is 19.2 Å². The second kappa shape index (κ2) is 8.54. The third-order valence-corrected chi connectivity index (χ3v) is 4.64. The lowest BCUT2D eigenvalue weighted by atomic mass is 9.98. The normalized spacial score (nSPS) is 17.8. The summed E-state index contributed by atoms with van der Waals surface area (Å²) in [4.78, 5) is 2.50. The molecule has 6 nitrogen and oxygen atoms in total. The SMILES string of the molecule is COc1cc(C#N)ccc1OCC1CCCN(CCc2cn[nH]c2)C1. The highest BCUT2D eigenvalue weighted by Crippen LogP contribution is 2.29. The second-order valence-corrected chi connectivity index (χ2v) is 6.45. The Labute approximate surface area is 148 Å². The molecule has 132 valence electrons. The summed E-state index contributed by atoms with van der Waals surface area (Å²) < 4.78 is 11.3. The summed E-state index contributed by atoms with van der Waals surface area (Å²) in [5.74, 6) is 1.84. The van der Waals surface area contributed by atoms with Crippen LogP contribution < -0.4 is 9.47 Å². The van der Waals surface area contributed by atoms with Gasteiger partial charge in [0.25, 0.3) is 0 Å². The van der Waals surface area contributed by atoms with Crippen LogP contribution in [0.15, 0.2) is 30.6 Å². The van der Waals surface area contributed by atoms with Crippen LogP contribution in [0.2, 0.25) is 0 Å². The number of nitrogens with one attached hydrogen (secondary N) is 1. The van der Waals surface area contributed by atoms with E-state index in [0.29, 0.717) is 29.6 Å². The van der Waals surface area contributed by atoms with Crippen LogP contribution >= 0.6 is 0 Å². The van der Waals surface area contributed by atoms with Crippen molar-refractivity contribution in [1.82, 2.24) is 15.1 Å². The molecule has 1 unspecified atom stereocenters. The van der Waals surface area contributed by atoms with Gasteiger partial charge in [0.15, 0.2) is 11.5 Å². The molecule has 0 spiro atoms. The van der Waals surface area contributed by atoms with Gasteiger partial charge in [-0.1, -0.05) is 0 Å². The minimum absolute atomic E-state index is 0.512. The van der Waals surface area contributed by atoms with Crippen molar-refractivity contribution in [1.29, 1.82) is 5.26 Å². The number of likely N-dealkylation sites (tertiary alicyclic amines) is 1. The molecule has 1 aliphatic heterocycles. The molecule has 6 heteroatoms. The van der Waals surface area contributed by atoms with Crippen LogP contribution in [0.3, 0.4) is 0 Å². The molecule has 1 aliphatic rings. The molecule has 1 saturated heterocycles. The molecule has 2 heterocycles. The van der Waals surface area contributed by atoms with E-state index < -0.39 is 0 Å². The van der Waals surface area contributed by atoms with Gasteiger partial charge >= 0.3 is 0 Å². The molecule has 0 amide bonds. The molecule has 3 rings (SSSR count). The Morgan fingerprint density at radius 1 is 1.40 bits per heavy atom. The summed E-state index contributed by atoms with van der Waals surface area (Å²) >= 11 is 0. The van der Waals surface area contributed by atoms with Crippen LogP contribution in [0.4, 0.5) is 0 Å². The van der Waals surface area contributed by atoms with Crippen LogP contribution in [0.1, 0.15) is 24.0 Å². The average molecular weight is 340 g/mol. The number of ether oxygens (including phenoxy) is 2. The zero-order valence-electron chi connectivity index (χ0n) is 14.6. The van der Waals surface area contributed by atoms with Crippen molar-refractivity contribution in [3.8, 4) is 17.6 Å². The number of piperidine rings is 1. The quantitative estimate of drug-likeness (QED) is 0.839. The average Bonchev–Trinajstić information content (AvgIpc) is 3.18. The Bertz CT molecular complexity index is 709. The van der Waals surface area contributed by atoms with Gasteiger partial charge in [0.2, 0.25) is 0 Å². The molecule has 0 aliphatic carbocycles. The standard InChI is InChI=1S/C19H24N4O2/c1-24-19-9-15(10-20)4-5-18(19)25-14-17-3-2-7-23(13-17)8-6-16-11-21-22-12-16/h4-5,9,11-12,17H,2-3,6-8,13-14H2,1H3,(H,21,22). The monoisotopic (exact) mass is 340 g/mol. The lowest BCUT2D eigenvalue weighted by Gasteiger charge is -2.32. The van der Waals surface area contributed by atoms with Crippen LogP contribution in [-0.2, 0) is 6.42 Å². The van der Waals surface area contributed by atoms with Gasteiger partial charge in [-0.05, 0) is 43.5 Å². The Kier molecular flexibility index (Phi) is 5.91. The molecule has 1 atom stereocenters. The summed E-state index contributed by atoms with van der Waals surface area (Å²) in [7, 11) is 1.60. The van der Waals surface area contributed by atoms with Crippen molar-refractivity contribution >= 4 is 0 Å². The highest BCUT2D eigenvalue weighted by molar-refractivity contribution is 5.46. The van der Waals surface area contributed by atoms with Crippen molar-refractivity contribution in [2.45, 2.75) is 19.3 Å². The molecule has 0 bridgehead atoms. The summed E-state index contributed by atoms with van der Waals surface area (Å²) in [5.41, 5.74) is 1.83. The Morgan fingerprint density at radius 3 is 3.08 bits per heavy atom. The molecular formula is C19H24N4O2. The van der Waals surface area contributed by atoms with E-state index in [1.807, 2.05) is 18.5 Å². The minimum atomic E-state index is 0.512. The predicted octanol–water partition coefficient (Wildman–Crippen LogP) is 2.62. The molecule has 0 saturated carbocycles. The summed E-state index contributed by atoms with van der Waals surface area (Å²) in [5, 5.41) is 15.8. The zero-order chi connectivity index (χ0) is 17.5. The van der Waals surface area contributed by atoms with E-state index >= 15 is 0 Å². The number of benzene rings is 1. The molecule has 1 aromatic carbocycles. The number of hydrogen-bond acceptors (Lipinski definition) is 5. The number of H-pyrrole nitrogens is 1. The van der Waals surface area contributed by atoms with Gasteiger partial charge < -0.3 is 14.4 Å². The highest BCUT2D eigenvalue weighted by Gasteiger charge is 2.21. The fourth-order valence-electron chi connectivity index (χ4n) is 3.26. The smallest absolute Gasteiger partial charge is 0.162 e. The van der Waals surface area contributed by atoms with E-state index in [2.05, 4.69) is 21.2 Å². The number of hydrogen-bond donors (Lipinski definition) is 1. The minimum Gasteiger partial charge on any atom is -0.493 e. The van der Waals surface area contributed by atoms with Gasteiger partial charge in [0.1, 0.15) is 0 Å². The van der Waals surface area contributed by atoms with Gasteiger partial charge in [-0.15, -0.1) is 0 Å². The summed E-state index contributed by atoms with van der Waals surface area (Å²) in [6, 6.07) is 7.41. The maximum Gasteiger partial charge on any atom is 0.162 e. The Balaban J connectivity index is 1.50. The number of aromatic amines is 1. The number of nitrogens with zero attached hydrogens (tertiary/aromatic N) is 3.